The number of piperidine rings is 1. The summed E-state index contributed by atoms with van der Waals surface area (Å²) in [5.74, 6) is 0.0381. The van der Waals surface area contributed by atoms with E-state index in [9.17, 15) is 9.59 Å². The molecule has 5 rings (SSSR count). The number of nitrogens with two attached hydrogens (primary N) is 1. The number of aromatic nitrogens is 1. The normalized spacial score (nSPS) is 19.6. The largest absolute Gasteiger partial charge is 0.366 e. The highest BCUT2D eigenvalue weighted by molar-refractivity contribution is 5.94. The summed E-state index contributed by atoms with van der Waals surface area (Å²) < 4.78 is 0. The highest BCUT2D eigenvalue weighted by Gasteiger charge is 2.45. The third-order valence-electron chi connectivity index (χ3n) is 7.53. The summed E-state index contributed by atoms with van der Waals surface area (Å²) in [6.45, 7) is 1.51. The maximum atomic E-state index is 14.0. The van der Waals surface area contributed by atoms with Gasteiger partial charge in [-0.2, -0.15) is 0 Å². The second-order valence-electron chi connectivity index (χ2n) is 9.64. The smallest absolute Gasteiger partial charge is 0.248 e. The highest BCUT2D eigenvalue weighted by Crippen LogP contribution is 2.43. The van der Waals surface area contributed by atoms with Crippen molar-refractivity contribution in [1.29, 1.82) is 0 Å². The van der Waals surface area contributed by atoms with Crippen molar-refractivity contribution < 1.29 is 9.59 Å². The van der Waals surface area contributed by atoms with Crippen LogP contribution in [0.25, 0.3) is 11.3 Å². The monoisotopic (exact) mass is 453 g/mol. The first-order chi connectivity index (χ1) is 16.6. The molecule has 34 heavy (non-hydrogen) atoms. The van der Waals surface area contributed by atoms with Crippen LogP contribution in [0.3, 0.4) is 0 Å². The molecular weight excluding hydrogens is 422 g/mol. The summed E-state index contributed by atoms with van der Waals surface area (Å²) in [6.07, 6.45) is 6.06. The number of likely N-dealkylation sites (tertiary alicyclic amines) is 1. The van der Waals surface area contributed by atoms with Gasteiger partial charge in [0.25, 0.3) is 0 Å². The van der Waals surface area contributed by atoms with Gasteiger partial charge in [0.1, 0.15) is 0 Å². The molecule has 1 aromatic heterocycles. The lowest BCUT2D eigenvalue weighted by molar-refractivity contribution is -0.138. The third-order valence-corrected chi connectivity index (χ3v) is 7.53. The maximum absolute atomic E-state index is 14.0. The molecule has 1 aliphatic carbocycles. The van der Waals surface area contributed by atoms with E-state index in [1.54, 1.807) is 12.1 Å². The topological polar surface area (TPSA) is 76.3 Å². The minimum absolute atomic E-state index is 0.200. The van der Waals surface area contributed by atoms with Gasteiger partial charge in [0, 0.05) is 35.8 Å². The Hall–Kier alpha value is -3.47. The quantitative estimate of drug-likeness (QED) is 0.586. The zero-order valence-corrected chi connectivity index (χ0v) is 19.5. The Morgan fingerprint density at radius 1 is 0.912 bits per heavy atom. The molecule has 3 aromatic rings. The van der Waals surface area contributed by atoms with Crippen molar-refractivity contribution >= 4 is 11.8 Å². The minimum Gasteiger partial charge on any atom is -0.366 e. The molecule has 1 unspecified atom stereocenters. The van der Waals surface area contributed by atoms with Crippen molar-refractivity contribution in [3.63, 3.8) is 0 Å². The number of nitrogens with zero attached hydrogens (tertiary/aromatic N) is 2. The molecule has 1 aliphatic heterocycles. The van der Waals surface area contributed by atoms with Gasteiger partial charge in [0.05, 0.1) is 11.1 Å². The highest BCUT2D eigenvalue weighted by atomic mass is 16.2. The molecule has 2 fully saturated rings. The fourth-order valence-corrected chi connectivity index (χ4v) is 5.74. The molecule has 2 aliphatic rings. The molecule has 5 nitrogen and oxygen atoms in total. The van der Waals surface area contributed by atoms with Crippen LogP contribution < -0.4 is 5.73 Å². The Morgan fingerprint density at radius 2 is 1.68 bits per heavy atom. The second-order valence-corrected chi connectivity index (χ2v) is 9.64. The van der Waals surface area contributed by atoms with E-state index in [4.69, 9.17) is 10.7 Å². The van der Waals surface area contributed by atoms with Crippen molar-refractivity contribution in [1.82, 2.24) is 9.88 Å². The van der Waals surface area contributed by atoms with Gasteiger partial charge in [-0.25, -0.2) is 0 Å². The average molecular weight is 454 g/mol. The molecule has 2 N–H and O–H groups in total. The Bertz CT molecular complexity index is 1180. The molecule has 0 bridgehead atoms. The van der Waals surface area contributed by atoms with Gasteiger partial charge in [-0.15, -0.1) is 0 Å². The molecule has 2 amide bonds. The third kappa shape index (κ3) is 4.23. The van der Waals surface area contributed by atoms with E-state index in [2.05, 4.69) is 23.1 Å². The number of benzene rings is 2. The van der Waals surface area contributed by atoms with Crippen LogP contribution in [-0.2, 0) is 10.2 Å². The summed E-state index contributed by atoms with van der Waals surface area (Å²) in [7, 11) is 0. The fourth-order valence-electron chi connectivity index (χ4n) is 5.74. The summed E-state index contributed by atoms with van der Waals surface area (Å²) in [6, 6.07) is 23.7. The van der Waals surface area contributed by atoms with E-state index < -0.39 is 5.91 Å². The fraction of sp³-hybridized carbons (Fsp3) is 0.345. The molecular formula is C29H31N3O2. The van der Waals surface area contributed by atoms with E-state index in [-0.39, 0.29) is 17.2 Å². The molecule has 0 spiro atoms. The van der Waals surface area contributed by atoms with Gasteiger partial charge >= 0.3 is 0 Å². The van der Waals surface area contributed by atoms with Crippen LogP contribution in [0.15, 0.2) is 72.8 Å². The zero-order valence-electron chi connectivity index (χ0n) is 19.5. The molecule has 1 atom stereocenters. The Balaban J connectivity index is 1.39. The Morgan fingerprint density at radius 3 is 2.44 bits per heavy atom. The molecule has 5 heteroatoms. The SMILES string of the molecule is NC(=O)c1cccc(-c2cccc(C3CCCN(C(=O)C4(c5ccccc5)CCCC4)C3)n2)c1. The Kier molecular flexibility index (Phi) is 6.18. The molecule has 1 saturated heterocycles. The van der Waals surface area contributed by atoms with E-state index >= 15 is 0 Å². The predicted molar refractivity (Wildman–Crippen MR) is 133 cm³/mol. The average Bonchev–Trinajstić information content (AvgIpc) is 3.40. The number of hydrogen-bond donors (Lipinski definition) is 1. The summed E-state index contributed by atoms with van der Waals surface area (Å²) in [5.41, 5.74) is 9.40. The standard InChI is InChI=1S/C29H31N3O2/c30-27(33)22-10-6-9-21(19-22)25-14-7-15-26(31-25)23-11-8-18-32(20-23)28(34)29(16-4-5-17-29)24-12-2-1-3-13-24/h1-3,6-7,9-10,12-15,19,23H,4-5,8,11,16-18,20H2,(H2,30,33). The number of carbonyl (C=O) groups is 2. The lowest BCUT2D eigenvalue weighted by atomic mass is 9.77. The van der Waals surface area contributed by atoms with Crippen LogP contribution >= 0.6 is 0 Å². The maximum Gasteiger partial charge on any atom is 0.248 e. The number of primary amides is 1. The van der Waals surface area contributed by atoms with Crippen LogP contribution in [0, 0.1) is 0 Å². The first-order valence-corrected chi connectivity index (χ1v) is 12.3. The predicted octanol–water partition coefficient (Wildman–Crippen LogP) is 5.07. The molecule has 2 heterocycles. The van der Waals surface area contributed by atoms with Gasteiger partial charge in [-0.3, -0.25) is 14.6 Å². The Labute approximate surface area is 201 Å². The van der Waals surface area contributed by atoms with Crippen LogP contribution in [0.2, 0.25) is 0 Å². The summed E-state index contributed by atoms with van der Waals surface area (Å²) in [5, 5.41) is 0. The van der Waals surface area contributed by atoms with E-state index in [0.717, 1.165) is 67.6 Å². The minimum atomic E-state index is -0.446. The van der Waals surface area contributed by atoms with Gasteiger partial charge < -0.3 is 10.6 Å². The van der Waals surface area contributed by atoms with E-state index in [1.165, 1.54) is 0 Å². The molecule has 2 aromatic carbocycles. The van der Waals surface area contributed by atoms with Gasteiger partial charge in [-0.05, 0) is 55.5 Å². The number of pyridine rings is 1. The first kappa shape index (κ1) is 22.3. The van der Waals surface area contributed by atoms with Crippen molar-refractivity contribution in [2.75, 3.05) is 13.1 Å². The van der Waals surface area contributed by atoms with Crippen LogP contribution in [0.4, 0.5) is 0 Å². The van der Waals surface area contributed by atoms with Crippen LogP contribution in [-0.4, -0.2) is 34.8 Å². The number of amides is 2. The summed E-state index contributed by atoms with van der Waals surface area (Å²) >= 11 is 0. The molecule has 1 saturated carbocycles. The van der Waals surface area contributed by atoms with Gasteiger partial charge in [-0.1, -0.05) is 61.4 Å². The number of carbonyl (C=O) groups excluding carboxylic acids is 2. The number of hydrogen-bond acceptors (Lipinski definition) is 3. The van der Waals surface area contributed by atoms with Crippen molar-refractivity contribution in [3.8, 4) is 11.3 Å². The molecule has 0 radical (unpaired) electrons. The lowest BCUT2D eigenvalue weighted by Gasteiger charge is -2.39. The van der Waals surface area contributed by atoms with E-state index in [1.807, 2.05) is 42.5 Å². The van der Waals surface area contributed by atoms with Crippen molar-refractivity contribution in [2.45, 2.75) is 49.9 Å². The van der Waals surface area contributed by atoms with Gasteiger partial charge in [0.2, 0.25) is 11.8 Å². The van der Waals surface area contributed by atoms with Crippen molar-refractivity contribution in [3.05, 3.63) is 89.6 Å². The van der Waals surface area contributed by atoms with Gasteiger partial charge in [0.15, 0.2) is 0 Å². The first-order valence-electron chi connectivity index (χ1n) is 12.3. The van der Waals surface area contributed by atoms with Crippen LogP contribution in [0.1, 0.15) is 66.1 Å². The zero-order chi connectivity index (χ0) is 23.5. The second kappa shape index (κ2) is 9.41. The summed E-state index contributed by atoms with van der Waals surface area (Å²) in [4.78, 5) is 32.6. The van der Waals surface area contributed by atoms with Crippen molar-refractivity contribution in [2.24, 2.45) is 5.73 Å². The van der Waals surface area contributed by atoms with Crippen LogP contribution in [0.5, 0.6) is 0 Å². The lowest BCUT2D eigenvalue weighted by Crippen LogP contribution is -2.49. The van der Waals surface area contributed by atoms with E-state index in [0.29, 0.717) is 12.1 Å². The molecule has 174 valence electrons. The number of rotatable bonds is 5.